The number of hydrogen-bond donors (Lipinski definition) is 2. The number of anilines is 1. The molecule has 8 heteroatoms. The fourth-order valence-electron chi connectivity index (χ4n) is 2.16. The number of nitro benzene ring substituents is 1. The molecule has 2 rings (SSSR count). The second-order valence-corrected chi connectivity index (χ2v) is 5.80. The Labute approximate surface area is 150 Å². The number of carbonyl (C=O) groups is 1. The average molecular weight is 364 g/mol. The monoisotopic (exact) mass is 363 g/mol. The molecule has 0 aromatic heterocycles. The molecule has 7 nitrogen and oxygen atoms in total. The SMILES string of the molecule is COc1ccc([N+](=O)[O-])cc1NC(=O)C(C)NCc1cccc(Cl)c1. The highest BCUT2D eigenvalue weighted by molar-refractivity contribution is 6.30. The Morgan fingerprint density at radius 3 is 2.72 bits per heavy atom. The number of nitrogens with zero attached hydrogens (tertiary/aromatic N) is 1. The van der Waals surface area contributed by atoms with Crippen LogP contribution in [0.4, 0.5) is 11.4 Å². The highest BCUT2D eigenvalue weighted by Crippen LogP contribution is 2.28. The second-order valence-electron chi connectivity index (χ2n) is 5.36. The summed E-state index contributed by atoms with van der Waals surface area (Å²) in [6, 6.07) is 10.8. The van der Waals surface area contributed by atoms with Gasteiger partial charge in [-0.1, -0.05) is 23.7 Å². The van der Waals surface area contributed by atoms with Crippen molar-refractivity contribution in [1.29, 1.82) is 0 Å². The summed E-state index contributed by atoms with van der Waals surface area (Å²) >= 11 is 5.93. The van der Waals surface area contributed by atoms with Crippen LogP contribution in [0.3, 0.4) is 0 Å². The second kappa shape index (κ2) is 8.46. The minimum atomic E-state index is -0.532. The van der Waals surface area contributed by atoms with Crippen LogP contribution in [-0.2, 0) is 11.3 Å². The van der Waals surface area contributed by atoms with Gasteiger partial charge in [0.2, 0.25) is 5.91 Å². The first-order chi connectivity index (χ1) is 11.9. The molecular weight excluding hydrogens is 346 g/mol. The van der Waals surface area contributed by atoms with Crippen LogP contribution in [0.5, 0.6) is 5.75 Å². The number of hydrogen-bond acceptors (Lipinski definition) is 5. The van der Waals surface area contributed by atoms with Gasteiger partial charge in [-0.15, -0.1) is 0 Å². The van der Waals surface area contributed by atoms with Crippen LogP contribution >= 0.6 is 11.6 Å². The van der Waals surface area contributed by atoms with E-state index in [4.69, 9.17) is 16.3 Å². The first kappa shape index (κ1) is 18.7. The summed E-state index contributed by atoms with van der Waals surface area (Å²) in [5.41, 5.74) is 1.06. The molecule has 0 bridgehead atoms. The normalized spacial score (nSPS) is 11.6. The van der Waals surface area contributed by atoms with Gasteiger partial charge in [-0.2, -0.15) is 0 Å². The molecule has 25 heavy (non-hydrogen) atoms. The number of halogens is 1. The lowest BCUT2D eigenvalue weighted by Crippen LogP contribution is -2.37. The van der Waals surface area contributed by atoms with Crippen molar-refractivity contribution in [3.63, 3.8) is 0 Å². The highest BCUT2D eigenvalue weighted by atomic mass is 35.5. The lowest BCUT2D eigenvalue weighted by molar-refractivity contribution is -0.384. The van der Waals surface area contributed by atoms with Crippen molar-refractivity contribution in [3.8, 4) is 5.75 Å². The molecular formula is C17H18ClN3O4. The Morgan fingerprint density at radius 2 is 2.08 bits per heavy atom. The van der Waals surface area contributed by atoms with Gasteiger partial charge in [-0.3, -0.25) is 14.9 Å². The summed E-state index contributed by atoms with van der Waals surface area (Å²) in [6.45, 7) is 2.16. The molecule has 0 radical (unpaired) electrons. The van der Waals surface area contributed by atoms with Gasteiger partial charge >= 0.3 is 0 Å². The molecule has 1 amide bonds. The van der Waals surface area contributed by atoms with Crippen molar-refractivity contribution in [2.45, 2.75) is 19.5 Å². The Hall–Kier alpha value is -2.64. The van der Waals surface area contributed by atoms with Crippen LogP contribution in [0.25, 0.3) is 0 Å². The van der Waals surface area contributed by atoms with Gasteiger partial charge in [0.05, 0.1) is 23.8 Å². The van der Waals surface area contributed by atoms with Crippen molar-refractivity contribution >= 4 is 28.9 Å². The van der Waals surface area contributed by atoms with E-state index in [-0.39, 0.29) is 17.3 Å². The minimum absolute atomic E-state index is 0.129. The van der Waals surface area contributed by atoms with E-state index < -0.39 is 11.0 Å². The van der Waals surface area contributed by atoms with E-state index in [1.165, 1.54) is 25.3 Å². The molecule has 0 fully saturated rings. The molecule has 0 saturated heterocycles. The van der Waals surface area contributed by atoms with Gasteiger partial charge in [-0.05, 0) is 30.7 Å². The Bertz CT molecular complexity index is 782. The maximum atomic E-state index is 12.3. The van der Waals surface area contributed by atoms with E-state index in [0.29, 0.717) is 17.3 Å². The molecule has 0 aliphatic rings. The first-order valence-corrected chi connectivity index (χ1v) is 7.89. The third-order valence-electron chi connectivity index (χ3n) is 3.55. The van der Waals surface area contributed by atoms with Crippen molar-refractivity contribution in [1.82, 2.24) is 5.32 Å². The molecule has 2 N–H and O–H groups in total. The number of methoxy groups -OCH3 is 1. The standard InChI is InChI=1S/C17H18ClN3O4/c1-11(19-10-12-4-3-5-13(18)8-12)17(22)20-15-9-14(21(23)24)6-7-16(15)25-2/h3-9,11,19H,10H2,1-2H3,(H,20,22). The fourth-order valence-corrected chi connectivity index (χ4v) is 2.37. The van der Waals surface area contributed by atoms with Crippen LogP contribution in [0.2, 0.25) is 5.02 Å². The lowest BCUT2D eigenvalue weighted by atomic mass is 10.2. The predicted molar refractivity (Wildman–Crippen MR) is 96.0 cm³/mol. The zero-order chi connectivity index (χ0) is 18.4. The van der Waals surface area contributed by atoms with Crippen LogP contribution in [0, 0.1) is 10.1 Å². The van der Waals surface area contributed by atoms with E-state index in [9.17, 15) is 14.9 Å². The predicted octanol–water partition coefficient (Wildman–Crippen LogP) is 3.37. The molecule has 1 atom stereocenters. The zero-order valence-electron chi connectivity index (χ0n) is 13.8. The van der Waals surface area contributed by atoms with Gasteiger partial charge in [0.1, 0.15) is 5.75 Å². The first-order valence-electron chi connectivity index (χ1n) is 7.52. The van der Waals surface area contributed by atoms with Crippen molar-refractivity contribution in [2.24, 2.45) is 0 Å². The summed E-state index contributed by atoms with van der Waals surface area (Å²) in [5.74, 6) is 0.0156. The smallest absolute Gasteiger partial charge is 0.271 e. The van der Waals surface area contributed by atoms with Crippen molar-refractivity contribution < 1.29 is 14.5 Å². The lowest BCUT2D eigenvalue weighted by Gasteiger charge is -2.15. The molecule has 0 aliphatic carbocycles. The average Bonchev–Trinajstić information content (AvgIpc) is 2.59. The molecule has 0 saturated carbocycles. The van der Waals surface area contributed by atoms with E-state index in [1.807, 2.05) is 18.2 Å². The third-order valence-corrected chi connectivity index (χ3v) is 3.78. The van der Waals surface area contributed by atoms with Crippen LogP contribution in [-0.4, -0.2) is 24.0 Å². The number of rotatable bonds is 7. The maximum Gasteiger partial charge on any atom is 0.271 e. The number of benzene rings is 2. The number of nitrogens with one attached hydrogen (secondary N) is 2. The summed E-state index contributed by atoms with van der Waals surface area (Å²) in [6.07, 6.45) is 0. The maximum absolute atomic E-state index is 12.3. The molecule has 132 valence electrons. The number of amides is 1. The van der Waals surface area contributed by atoms with E-state index in [2.05, 4.69) is 10.6 Å². The number of non-ortho nitro benzene ring substituents is 1. The largest absolute Gasteiger partial charge is 0.495 e. The third kappa shape index (κ3) is 5.17. The van der Waals surface area contributed by atoms with Crippen molar-refractivity contribution in [3.05, 3.63) is 63.2 Å². The molecule has 0 heterocycles. The van der Waals surface area contributed by atoms with Crippen LogP contribution in [0.15, 0.2) is 42.5 Å². The topological polar surface area (TPSA) is 93.5 Å². The Balaban J connectivity index is 2.03. The minimum Gasteiger partial charge on any atom is -0.495 e. The van der Waals surface area contributed by atoms with E-state index in [1.54, 1.807) is 13.0 Å². The van der Waals surface area contributed by atoms with E-state index >= 15 is 0 Å². The molecule has 1 unspecified atom stereocenters. The van der Waals surface area contributed by atoms with Gasteiger partial charge in [0.15, 0.2) is 0 Å². The quantitative estimate of drug-likeness (QED) is 0.581. The molecule has 2 aromatic carbocycles. The number of carbonyl (C=O) groups excluding carboxylic acids is 1. The number of nitro groups is 1. The van der Waals surface area contributed by atoms with E-state index in [0.717, 1.165) is 5.56 Å². The zero-order valence-corrected chi connectivity index (χ0v) is 14.5. The van der Waals surface area contributed by atoms with Crippen molar-refractivity contribution in [2.75, 3.05) is 12.4 Å². The van der Waals surface area contributed by atoms with Crippen LogP contribution < -0.4 is 15.4 Å². The summed E-state index contributed by atoms with van der Waals surface area (Å²) in [4.78, 5) is 22.7. The van der Waals surface area contributed by atoms with Gasteiger partial charge in [0, 0.05) is 23.7 Å². The van der Waals surface area contributed by atoms with Gasteiger partial charge < -0.3 is 15.4 Å². The molecule has 2 aromatic rings. The fraction of sp³-hybridized carbons (Fsp3) is 0.235. The molecule has 0 aliphatic heterocycles. The van der Waals surface area contributed by atoms with Gasteiger partial charge in [-0.25, -0.2) is 0 Å². The summed E-state index contributed by atoms with van der Waals surface area (Å²) in [5, 5.41) is 17.2. The summed E-state index contributed by atoms with van der Waals surface area (Å²) < 4.78 is 5.13. The summed E-state index contributed by atoms with van der Waals surface area (Å²) in [7, 11) is 1.43. The van der Waals surface area contributed by atoms with Gasteiger partial charge in [0.25, 0.3) is 5.69 Å². The molecule has 0 spiro atoms. The Kier molecular flexibility index (Phi) is 6.32. The van der Waals surface area contributed by atoms with Crippen LogP contribution in [0.1, 0.15) is 12.5 Å². The highest BCUT2D eigenvalue weighted by Gasteiger charge is 2.17. The number of ether oxygens (including phenoxy) is 1. The Morgan fingerprint density at radius 1 is 1.32 bits per heavy atom.